The van der Waals surface area contributed by atoms with E-state index >= 15 is 0 Å². The van der Waals surface area contributed by atoms with Crippen LogP contribution in [0.5, 0.6) is 0 Å². The lowest BCUT2D eigenvalue weighted by atomic mass is 9.81. The van der Waals surface area contributed by atoms with Gasteiger partial charge in [-0.3, -0.25) is 0 Å². The molecule has 0 radical (unpaired) electrons. The van der Waals surface area contributed by atoms with Gasteiger partial charge < -0.3 is 9.88 Å². The third-order valence-corrected chi connectivity index (χ3v) is 11.3. The average Bonchev–Trinajstić information content (AvgIpc) is 3.56. The van der Waals surface area contributed by atoms with Crippen molar-refractivity contribution < 1.29 is 0 Å². The van der Waals surface area contributed by atoms with Gasteiger partial charge in [-0.1, -0.05) is 109 Å². The molecular weight excluding hydrogens is 645 g/mol. The Morgan fingerprint density at radius 3 is 2.23 bits per heavy atom. The van der Waals surface area contributed by atoms with E-state index in [1.54, 1.807) is 0 Å². The number of para-hydroxylation sites is 1. The number of hydrogen-bond donors (Lipinski definition) is 1. The van der Waals surface area contributed by atoms with Crippen LogP contribution in [0, 0.1) is 22.7 Å². The minimum atomic E-state index is -0.0636. The highest BCUT2D eigenvalue weighted by Crippen LogP contribution is 2.49. The molecule has 2 aliphatic carbocycles. The summed E-state index contributed by atoms with van der Waals surface area (Å²) in [7, 11) is 0. The van der Waals surface area contributed by atoms with Crippen LogP contribution in [0.1, 0.15) is 52.9 Å². The highest BCUT2D eigenvalue weighted by Gasteiger charge is 2.29. The molecule has 0 bridgehead atoms. The summed E-state index contributed by atoms with van der Waals surface area (Å²) in [5, 5.41) is 26.8. The minimum absolute atomic E-state index is 0.0636. The molecule has 250 valence electrons. The molecule has 2 heterocycles. The average molecular weight is 679 g/mol. The quantitative estimate of drug-likeness (QED) is 0.201. The van der Waals surface area contributed by atoms with Gasteiger partial charge in [0.25, 0.3) is 0 Å². The predicted octanol–water partition coefficient (Wildman–Crippen LogP) is 12.1. The maximum Gasteiger partial charge on any atom is 0.0991 e. The molecule has 1 aliphatic heterocycles. The summed E-state index contributed by atoms with van der Waals surface area (Å²) < 4.78 is 2.50. The maximum atomic E-state index is 9.81. The van der Waals surface area contributed by atoms with E-state index in [0.717, 1.165) is 52.8 Å². The molecule has 0 saturated carbocycles. The second kappa shape index (κ2) is 12.4. The Bertz CT molecular complexity index is 2800. The van der Waals surface area contributed by atoms with Gasteiger partial charge in [0.1, 0.15) is 0 Å². The fourth-order valence-electron chi connectivity index (χ4n) is 8.79. The lowest BCUT2D eigenvalue weighted by Gasteiger charge is -2.32. The largest absolute Gasteiger partial charge is 0.374 e. The van der Waals surface area contributed by atoms with E-state index in [1.807, 2.05) is 12.1 Å². The molecule has 0 fully saturated rings. The zero-order valence-electron chi connectivity index (χ0n) is 29.1. The van der Waals surface area contributed by atoms with Gasteiger partial charge in [0.2, 0.25) is 0 Å². The smallest absolute Gasteiger partial charge is 0.0991 e. The first kappa shape index (κ1) is 30.9. The number of nitrogens with zero attached hydrogens (tertiary/aromatic N) is 3. The van der Waals surface area contributed by atoms with E-state index in [9.17, 15) is 10.5 Å². The van der Waals surface area contributed by atoms with Crippen LogP contribution >= 0.6 is 0 Å². The van der Waals surface area contributed by atoms with Crippen LogP contribution in [0.2, 0.25) is 0 Å². The van der Waals surface area contributed by atoms with Crippen LogP contribution in [0.4, 0.5) is 5.69 Å². The number of nitriles is 2. The normalized spacial score (nSPS) is 16.9. The maximum absolute atomic E-state index is 9.81. The van der Waals surface area contributed by atoms with Gasteiger partial charge in [0.05, 0.1) is 29.8 Å². The van der Waals surface area contributed by atoms with Crippen molar-refractivity contribution in [3.05, 3.63) is 179 Å². The van der Waals surface area contributed by atoms with E-state index in [0.29, 0.717) is 5.56 Å². The minimum Gasteiger partial charge on any atom is -0.374 e. The Kier molecular flexibility index (Phi) is 7.24. The Hall–Kier alpha value is -6.88. The van der Waals surface area contributed by atoms with E-state index in [2.05, 4.69) is 162 Å². The number of fused-ring (bicyclic) bond motifs is 8. The Morgan fingerprint density at radius 1 is 0.660 bits per heavy atom. The number of nitrogens with one attached hydrogen (secondary N) is 1. The van der Waals surface area contributed by atoms with Gasteiger partial charge in [-0.2, -0.15) is 10.5 Å². The lowest BCUT2D eigenvalue weighted by Crippen LogP contribution is -2.18. The van der Waals surface area contributed by atoms with Crippen molar-refractivity contribution in [1.82, 2.24) is 4.57 Å². The molecule has 6 aromatic carbocycles. The van der Waals surface area contributed by atoms with Gasteiger partial charge in [0.15, 0.2) is 0 Å². The van der Waals surface area contributed by atoms with E-state index < -0.39 is 0 Å². The molecule has 0 amide bonds. The van der Waals surface area contributed by atoms with Gasteiger partial charge in [-0.25, -0.2) is 0 Å². The summed E-state index contributed by atoms with van der Waals surface area (Å²) in [6.45, 7) is 0. The van der Waals surface area contributed by atoms with Gasteiger partial charge >= 0.3 is 0 Å². The van der Waals surface area contributed by atoms with Gasteiger partial charge in [-0.15, -0.1) is 0 Å². The third-order valence-electron chi connectivity index (χ3n) is 11.3. The van der Waals surface area contributed by atoms with Crippen molar-refractivity contribution in [1.29, 1.82) is 10.5 Å². The molecule has 1 aromatic heterocycles. The highest BCUT2D eigenvalue weighted by atomic mass is 15.0. The Labute approximate surface area is 308 Å². The molecule has 53 heavy (non-hydrogen) atoms. The fraction of sp³-hybridized carbons (Fsp3) is 0.102. The van der Waals surface area contributed by atoms with Gasteiger partial charge in [-0.05, 0) is 111 Å². The van der Waals surface area contributed by atoms with Crippen LogP contribution in [0.25, 0.3) is 61.1 Å². The molecule has 0 spiro atoms. The molecule has 10 rings (SSSR count). The first-order valence-corrected chi connectivity index (χ1v) is 18.3. The summed E-state index contributed by atoms with van der Waals surface area (Å²) in [6, 6.07) is 48.3. The molecule has 7 aromatic rings. The van der Waals surface area contributed by atoms with E-state index in [-0.39, 0.29) is 12.1 Å². The summed E-state index contributed by atoms with van der Waals surface area (Å²) >= 11 is 0. The lowest BCUT2D eigenvalue weighted by molar-refractivity contribution is 0.597. The number of hydrogen-bond acceptors (Lipinski definition) is 3. The zero-order valence-corrected chi connectivity index (χ0v) is 29.1. The van der Waals surface area contributed by atoms with Crippen LogP contribution < -0.4 is 5.32 Å². The number of benzene rings is 6. The standard InChI is InChI=1S/C49H34N4/c50-29-31-14-17-34(18-15-31)41-28-44-48(39-11-5-4-10-38(39)41)40-12-6-7-13-45(40)52-49(44)35-21-19-33(20-22-35)36-23-25-47-43(27-36)42-26-32(30-51)16-24-46(42)53(47)37-8-2-1-3-9-37/h1-8,10-15,17-23,25-28,37,49,52H,9,16,24H2. The topological polar surface area (TPSA) is 64.5 Å². The monoisotopic (exact) mass is 678 g/mol. The summed E-state index contributed by atoms with van der Waals surface area (Å²) in [4.78, 5) is 0. The number of anilines is 1. The van der Waals surface area contributed by atoms with Gasteiger partial charge in [0, 0.05) is 39.0 Å². The summed E-state index contributed by atoms with van der Waals surface area (Å²) in [6.07, 6.45) is 13.6. The van der Waals surface area contributed by atoms with Crippen molar-refractivity contribution >= 4 is 33.4 Å². The summed E-state index contributed by atoms with van der Waals surface area (Å²) in [5.41, 5.74) is 15.8. The Morgan fingerprint density at radius 2 is 1.43 bits per heavy atom. The number of rotatable bonds is 4. The molecular formula is C49H34N4. The molecule has 3 aliphatic rings. The van der Waals surface area contributed by atoms with E-state index in [1.165, 1.54) is 55.2 Å². The fourth-order valence-corrected chi connectivity index (χ4v) is 8.79. The van der Waals surface area contributed by atoms with Crippen molar-refractivity contribution in [2.45, 2.75) is 31.3 Å². The highest BCUT2D eigenvalue weighted by molar-refractivity contribution is 6.09. The van der Waals surface area contributed by atoms with Crippen molar-refractivity contribution in [3.8, 4) is 45.5 Å². The second-order valence-corrected chi connectivity index (χ2v) is 14.2. The predicted molar refractivity (Wildman–Crippen MR) is 216 cm³/mol. The zero-order chi connectivity index (χ0) is 35.5. The number of allylic oxidation sites excluding steroid dienone is 5. The van der Waals surface area contributed by atoms with Crippen molar-refractivity contribution in [2.24, 2.45) is 0 Å². The summed E-state index contributed by atoms with van der Waals surface area (Å²) in [5.74, 6) is 0. The van der Waals surface area contributed by atoms with Crippen LogP contribution in [-0.2, 0) is 6.42 Å². The molecule has 1 N–H and O–H groups in total. The van der Waals surface area contributed by atoms with Crippen molar-refractivity contribution in [3.63, 3.8) is 0 Å². The molecule has 4 heteroatoms. The Balaban J connectivity index is 1.09. The molecule has 2 atom stereocenters. The second-order valence-electron chi connectivity index (χ2n) is 14.2. The molecule has 2 unspecified atom stereocenters. The van der Waals surface area contributed by atoms with E-state index in [4.69, 9.17) is 0 Å². The van der Waals surface area contributed by atoms with Crippen molar-refractivity contribution in [2.75, 3.05) is 5.32 Å². The number of aromatic nitrogens is 1. The molecule has 0 saturated heterocycles. The SMILES string of the molecule is N#CC1=Cc2c(n(C3C=CC=CC3)c3ccc(-c4ccc(C5Nc6ccccc6-c6c5cc(-c5ccc(C#N)cc5)c5ccccc65)cc4)cc23)CC1. The molecule has 4 nitrogen and oxygen atoms in total. The van der Waals surface area contributed by atoms with Crippen LogP contribution in [0.3, 0.4) is 0 Å². The van der Waals surface area contributed by atoms with Crippen LogP contribution in [-0.4, -0.2) is 4.57 Å². The third kappa shape index (κ3) is 5.03. The first-order chi connectivity index (χ1) is 26.2. The first-order valence-electron chi connectivity index (χ1n) is 18.3. The van der Waals surface area contributed by atoms with Crippen LogP contribution in [0.15, 0.2) is 151 Å².